The molecular weight excluding hydrogens is 246 g/mol. The molecule has 1 fully saturated rings. The maximum Gasteiger partial charge on any atom is 0.263 e. The molecule has 1 aromatic rings. The molecule has 104 valence electrons. The number of carbonyl (C=O) groups excluding carboxylic acids is 1. The molecular formula is C13H19N3O3. The molecule has 2 atom stereocenters. The molecule has 1 aliphatic rings. The van der Waals surface area contributed by atoms with Gasteiger partial charge in [-0.3, -0.25) is 10.2 Å². The molecule has 1 heterocycles. The van der Waals surface area contributed by atoms with Crippen molar-refractivity contribution in [1.82, 2.24) is 5.43 Å². The fraction of sp³-hybridized carbons (Fsp3) is 0.462. The summed E-state index contributed by atoms with van der Waals surface area (Å²) in [6, 6.07) is 7.03. The van der Waals surface area contributed by atoms with Gasteiger partial charge in [0.05, 0.1) is 6.10 Å². The van der Waals surface area contributed by atoms with Crippen LogP contribution in [0.4, 0.5) is 5.69 Å². The van der Waals surface area contributed by atoms with E-state index in [2.05, 4.69) is 5.43 Å². The van der Waals surface area contributed by atoms with Crippen LogP contribution < -0.4 is 16.2 Å². The van der Waals surface area contributed by atoms with Crippen LogP contribution >= 0.6 is 0 Å². The summed E-state index contributed by atoms with van der Waals surface area (Å²) in [6.45, 7) is 0.664. The van der Waals surface area contributed by atoms with Gasteiger partial charge in [-0.2, -0.15) is 0 Å². The summed E-state index contributed by atoms with van der Waals surface area (Å²) in [5, 5.41) is 9.44. The number of hydrazine groups is 1. The van der Waals surface area contributed by atoms with Crippen molar-refractivity contribution >= 4 is 11.6 Å². The van der Waals surface area contributed by atoms with Gasteiger partial charge in [-0.1, -0.05) is 6.07 Å². The molecule has 2 rings (SSSR count). The molecule has 19 heavy (non-hydrogen) atoms. The Morgan fingerprint density at radius 3 is 3.05 bits per heavy atom. The van der Waals surface area contributed by atoms with Crippen molar-refractivity contribution in [2.45, 2.75) is 25.0 Å². The van der Waals surface area contributed by atoms with Crippen LogP contribution in [0.15, 0.2) is 24.3 Å². The number of phenols is 1. The largest absolute Gasteiger partial charge is 0.508 e. The lowest BCUT2D eigenvalue weighted by atomic mass is 10.2. The van der Waals surface area contributed by atoms with Crippen molar-refractivity contribution in [3.05, 3.63) is 24.3 Å². The third-order valence-corrected chi connectivity index (χ3v) is 3.29. The molecule has 6 nitrogen and oxygen atoms in total. The number of nitrogens with two attached hydrogens (primary N) is 1. The van der Waals surface area contributed by atoms with Crippen molar-refractivity contribution in [3.63, 3.8) is 0 Å². The highest BCUT2D eigenvalue weighted by molar-refractivity contribution is 5.80. The smallest absolute Gasteiger partial charge is 0.263 e. The molecule has 1 aliphatic heterocycles. The van der Waals surface area contributed by atoms with Gasteiger partial charge < -0.3 is 14.7 Å². The molecule has 0 radical (unpaired) electrons. The minimum absolute atomic E-state index is 0.00495. The van der Waals surface area contributed by atoms with Gasteiger partial charge in [0.15, 0.2) is 0 Å². The van der Waals surface area contributed by atoms with Crippen LogP contribution in [0.2, 0.25) is 0 Å². The fourth-order valence-electron chi connectivity index (χ4n) is 2.27. The van der Waals surface area contributed by atoms with Crippen LogP contribution in [0.3, 0.4) is 0 Å². The number of nitrogens with one attached hydrogen (secondary N) is 1. The zero-order valence-electron chi connectivity index (χ0n) is 10.9. The second-order valence-electron chi connectivity index (χ2n) is 4.73. The molecule has 4 N–H and O–H groups in total. The van der Waals surface area contributed by atoms with E-state index < -0.39 is 6.10 Å². The summed E-state index contributed by atoms with van der Waals surface area (Å²) in [5.41, 5.74) is 3.02. The highest BCUT2D eigenvalue weighted by Gasteiger charge is 2.30. The first-order valence-electron chi connectivity index (χ1n) is 6.26. The van der Waals surface area contributed by atoms with Gasteiger partial charge >= 0.3 is 0 Å². The highest BCUT2D eigenvalue weighted by atomic mass is 16.5. The minimum Gasteiger partial charge on any atom is -0.508 e. The zero-order chi connectivity index (χ0) is 13.8. The second kappa shape index (κ2) is 5.90. The third kappa shape index (κ3) is 3.36. The Morgan fingerprint density at radius 2 is 2.37 bits per heavy atom. The van der Waals surface area contributed by atoms with Gasteiger partial charge in [-0.15, -0.1) is 0 Å². The number of hydrogen-bond acceptors (Lipinski definition) is 5. The van der Waals surface area contributed by atoms with Crippen LogP contribution in [0.5, 0.6) is 5.75 Å². The van der Waals surface area contributed by atoms with E-state index in [9.17, 15) is 9.90 Å². The number of amides is 1. The maximum absolute atomic E-state index is 11.4. The molecule has 1 saturated heterocycles. The average molecular weight is 265 g/mol. The van der Waals surface area contributed by atoms with Crippen molar-refractivity contribution < 1.29 is 14.6 Å². The Morgan fingerprint density at radius 1 is 1.58 bits per heavy atom. The van der Waals surface area contributed by atoms with Gasteiger partial charge in [0.2, 0.25) is 0 Å². The van der Waals surface area contributed by atoms with E-state index in [-0.39, 0.29) is 17.8 Å². The Labute approximate surface area is 112 Å². The topological polar surface area (TPSA) is 87.8 Å². The zero-order valence-corrected chi connectivity index (χ0v) is 10.9. The molecule has 6 heteroatoms. The molecule has 0 aliphatic carbocycles. The number of nitrogens with zero attached hydrogens (tertiary/aromatic N) is 1. The van der Waals surface area contributed by atoms with Gasteiger partial charge in [-0.05, 0) is 25.0 Å². The summed E-state index contributed by atoms with van der Waals surface area (Å²) in [6.07, 6.45) is 1.05. The minimum atomic E-state index is -0.451. The molecule has 0 spiro atoms. The normalized spacial score (nSPS) is 22.2. The van der Waals surface area contributed by atoms with E-state index in [1.165, 1.54) is 0 Å². The van der Waals surface area contributed by atoms with E-state index in [0.717, 1.165) is 12.1 Å². The summed E-state index contributed by atoms with van der Waals surface area (Å²) >= 11 is 0. The Hall–Kier alpha value is -1.79. The van der Waals surface area contributed by atoms with Crippen molar-refractivity contribution in [2.24, 2.45) is 5.84 Å². The van der Waals surface area contributed by atoms with E-state index in [4.69, 9.17) is 10.6 Å². The summed E-state index contributed by atoms with van der Waals surface area (Å²) in [5.74, 6) is 5.05. The quantitative estimate of drug-likeness (QED) is 0.416. The van der Waals surface area contributed by atoms with Crippen LogP contribution in [-0.4, -0.2) is 36.8 Å². The van der Waals surface area contributed by atoms with Crippen LogP contribution in [0.1, 0.15) is 12.8 Å². The Balaban J connectivity index is 1.90. The first kappa shape index (κ1) is 13.6. The second-order valence-corrected chi connectivity index (χ2v) is 4.73. The van der Waals surface area contributed by atoms with Crippen molar-refractivity contribution in [1.29, 1.82) is 0 Å². The maximum atomic E-state index is 11.4. The predicted molar refractivity (Wildman–Crippen MR) is 71.6 cm³/mol. The number of aromatic hydroxyl groups is 1. The van der Waals surface area contributed by atoms with E-state index in [1.54, 1.807) is 18.2 Å². The lowest BCUT2D eigenvalue weighted by Gasteiger charge is -2.23. The number of phenolic OH excluding ortho intramolecular Hbond substituents is 1. The number of anilines is 1. The summed E-state index contributed by atoms with van der Waals surface area (Å²) in [4.78, 5) is 13.3. The highest BCUT2D eigenvalue weighted by Crippen LogP contribution is 2.24. The van der Waals surface area contributed by atoms with Gasteiger partial charge in [-0.25, -0.2) is 5.84 Å². The molecule has 2 unspecified atom stereocenters. The number of benzene rings is 1. The van der Waals surface area contributed by atoms with Crippen LogP contribution in [0, 0.1) is 0 Å². The molecule has 0 aromatic heterocycles. The molecule has 0 bridgehead atoms. The monoisotopic (exact) mass is 265 g/mol. The number of carbonyl (C=O) groups is 1. The molecule has 0 saturated carbocycles. The lowest BCUT2D eigenvalue weighted by molar-refractivity contribution is -0.131. The molecule has 1 amide bonds. The van der Waals surface area contributed by atoms with E-state index >= 15 is 0 Å². The predicted octanol–water partition coefficient (Wildman–Crippen LogP) is 0.366. The molecule has 1 aromatic carbocycles. The standard InChI is InChI=1S/C13H19N3O3/c1-16(9-3-2-4-10(17)7-9)8-11-5-6-12(19-11)13(18)15-14/h2-4,7,11-12,17H,5-6,8,14H2,1H3,(H,15,18). The third-order valence-electron chi connectivity index (χ3n) is 3.29. The van der Waals surface area contributed by atoms with Crippen LogP contribution in [-0.2, 0) is 9.53 Å². The van der Waals surface area contributed by atoms with Crippen LogP contribution in [0.25, 0.3) is 0 Å². The summed E-state index contributed by atoms with van der Waals surface area (Å²) in [7, 11) is 1.93. The Bertz CT molecular complexity index is 453. The van der Waals surface area contributed by atoms with E-state index in [0.29, 0.717) is 13.0 Å². The van der Waals surface area contributed by atoms with Gasteiger partial charge in [0, 0.05) is 25.3 Å². The van der Waals surface area contributed by atoms with Crippen molar-refractivity contribution in [2.75, 3.05) is 18.5 Å². The Kier molecular flexibility index (Phi) is 4.24. The summed E-state index contributed by atoms with van der Waals surface area (Å²) < 4.78 is 5.64. The number of rotatable bonds is 4. The number of ether oxygens (including phenoxy) is 1. The first-order chi connectivity index (χ1) is 9.10. The lowest BCUT2D eigenvalue weighted by Crippen LogP contribution is -2.40. The number of hydrogen-bond donors (Lipinski definition) is 3. The van der Waals surface area contributed by atoms with Gasteiger partial charge in [0.1, 0.15) is 11.9 Å². The number of likely N-dealkylation sites (N-methyl/N-ethyl adjacent to an activating group) is 1. The van der Waals surface area contributed by atoms with Crippen molar-refractivity contribution in [3.8, 4) is 5.75 Å². The average Bonchev–Trinajstić information content (AvgIpc) is 2.86. The first-order valence-corrected chi connectivity index (χ1v) is 6.26. The SMILES string of the molecule is CN(CC1CCC(C(=O)NN)O1)c1cccc(O)c1. The van der Waals surface area contributed by atoms with E-state index in [1.807, 2.05) is 18.0 Å². The van der Waals surface area contributed by atoms with Gasteiger partial charge in [0.25, 0.3) is 5.91 Å². The fourth-order valence-corrected chi connectivity index (χ4v) is 2.27.